The molecule has 0 radical (unpaired) electrons. The van der Waals surface area contributed by atoms with E-state index in [9.17, 15) is 22.8 Å². The Morgan fingerprint density at radius 1 is 1.33 bits per heavy atom. The lowest BCUT2D eigenvalue weighted by Crippen LogP contribution is -2.29. The highest BCUT2D eigenvalue weighted by Gasteiger charge is 2.45. The molecule has 0 fully saturated rings. The van der Waals surface area contributed by atoms with Gasteiger partial charge in [-0.15, -0.1) is 0 Å². The Labute approximate surface area is 102 Å². The molecule has 18 heavy (non-hydrogen) atoms. The van der Waals surface area contributed by atoms with E-state index in [4.69, 9.17) is 0 Å². The zero-order chi connectivity index (χ0) is 13.9. The van der Waals surface area contributed by atoms with E-state index in [0.29, 0.717) is 6.07 Å². The predicted octanol–water partition coefficient (Wildman–Crippen LogP) is 2.68. The summed E-state index contributed by atoms with van der Waals surface area (Å²) in [6.45, 7) is 2.26. The molecule has 98 valence electrons. The molecular formula is C12H11F3O3. The van der Waals surface area contributed by atoms with Crippen molar-refractivity contribution < 1.29 is 27.5 Å². The van der Waals surface area contributed by atoms with E-state index in [0.717, 1.165) is 19.1 Å². The minimum absolute atomic E-state index is 0.102. The molecule has 0 aliphatic heterocycles. The Morgan fingerprint density at radius 3 is 2.44 bits per heavy atom. The third-order valence-corrected chi connectivity index (χ3v) is 2.24. The van der Waals surface area contributed by atoms with Gasteiger partial charge in [-0.1, -0.05) is 0 Å². The number of hydrogen-bond donors (Lipinski definition) is 0. The smallest absolute Gasteiger partial charge is 0.382 e. The zero-order valence-corrected chi connectivity index (χ0v) is 9.80. The maximum Gasteiger partial charge on any atom is 0.382 e. The first-order chi connectivity index (χ1) is 8.30. The van der Waals surface area contributed by atoms with Gasteiger partial charge in [0.1, 0.15) is 5.82 Å². The van der Waals surface area contributed by atoms with E-state index in [-0.39, 0.29) is 12.2 Å². The van der Waals surface area contributed by atoms with Crippen LogP contribution in [0.3, 0.4) is 0 Å². The van der Waals surface area contributed by atoms with Gasteiger partial charge in [0.15, 0.2) is 5.78 Å². The number of rotatable bonds is 4. The molecule has 0 N–H and O–H groups in total. The summed E-state index contributed by atoms with van der Waals surface area (Å²) in [6, 6.07) is 2.45. The van der Waals surface area contributed by atoms with E-state index in [2.05, 4.69) is 4.74 Å². The van der Waals surface area contributed by atoms with Gasteiger partial charge in [-0.3, -0.25) is 4.79 Å². The number of ether oxygens (including phenoxy) is 1. The van der Waals surface area contributed by atoms with Gasteiger partial charge in [0.2, 0.25) is 0 Å². The van der Waals surface area contributed by atoms with Crippen molar-refractivity contribution in [2.75, 3.05) is 6.61 Å². The second-order valence-electron chi connectivity index (χ2n) is 3.55. The molecule has 0 bridgehead atoms. The van der Waals surface area contributed by atoms with Crippen molar-refractivity contribution in [3.63, 3.8) is 0 Å². The second kappa shape index (κ2) is 5.20. The van der Waals surface area contributed by atoms with Gasteiger partial charge in [0.25, 0.3) is 0 Å². The molecule has 6 heteroatoms. The van der Waals surface area contributed by atoms with Crippen molar-refractivity contribution in [2.24, 2.45) is 0 Å². The van der Waals surface area contributed by atoms with Crippen molar-refractivity contribution in [3.05, 3.63) is 35.1 Å². The van der Waals surface area contributed by atoms with Crippen molar-refractivity contribution in [1.29, 1.82) is 0 Å². The molecule has 0 unspecified atom stereocenters. The number of carbonyl (C=O) groups is 2. The Morgan fingerprint density at radius 2 is 1.94 bits per heavy atom. The van der Waals surface area contributed by atoms with Crippen LogP contribution in [-0.2, 0) is 15.5 Å². The molecule has 0 spiro atoms. The van der Waals surface area contributed by atoms with Gasteiger partial charge in [0, 0.05) is 5.56 Å². The quantitative estimate of drug-likeness (QED) is 0.617. The zero-order valence-electron chi connectivity index (χ0n) is 9.80. The van der Waals surface area contributed by atoms with Gasteiger partial charge in [0.05, 0.1) is 12.2 Å². The molecular weight excluding hydrogens is 249 g/mol. The average molecular weight is 260 g/mol. The van der Waals surface area contributed by atoms with Crippen LogP contribution in [0.2, 0.25) is 0 Å². The summed E-state index contributed by atoms with van der Waals surface area (Å²) in [5, 5.41) is 0. The van der Waals surface area contributed by atoms with Gasteiger partial charge in [-0.2, -0.15) is 8.78 Å². The van der Waals surface area contributed by atoms with E-state index in [1.54, 1.807) is 0 Å². The summed E-state index contributed by atoms with van der Waals surface area (Å²) in [6.07, 6.45) is 0. The van der Waals surface area contributed by atoms with Crippen molar-refractivity contribution in [2.45, 2.75) is 19.8 Å². The molecule has 0 saturated heterocycles. The standard InChI is InChI=1S/C12H11F3O3/c1-3-18-11(17)12(14,15)9-6-8(7(2)16)4-5-10(9)13/h4-6H,3H2,1-2H3. The highest BCUT2D eigenvalue weighted by Crippen LogP contribution is 2.32. The molecule has 0 aliphatic carbocycles. The first kappa shape index (κ1) is 14.2. The Bertz CT molecular complexity index is 483. The Balaban J connectivity index is 3.26. The van der Waals surface area contributed by atoms with Crippen LogP contribution < -0.4 is 0 Å². The van der Waals surface area contributed by atoms with Crippen molar-refractivity contribution in [3.8, 4) is 0 Å². The molecule has 0 aromatic heterocycles. The molecule has 1 aromatic rings. The summed E-state index contributed by atoms with van der Waals surface area (Å²) < 4.78 is 44.7. The largest absolute Gasteiger partial charge is 0.461 e. The topological polar surface area (TPSA) is 43.4 Å². The fraction of sp³-hybridized carbons (Fsp3) is 0.333. The molecule has 0 amide bonds. The summed E-state index contributed by atoms with van der Waals surface area (Å²) in [5.41, 5.74) is -1.26. The lowest BCUT2D eigenvalue weighted by Gasteiger charge is -2.16. The van der Waals surface area contributed by atoms with Crippen LogP contribution in [0.4, 0.5) is 13.2 Å². The minimum Gasteiger partial charge on any atom is -0.461 e. The normalized spacial score (nSPS) is 11.2. The Hall–Kier alpha value is -1.85. The van der Waals surface area contributed by atoms with Crippen molar-refractivity contribution >= 4 is 11.8 Å². The van der Waals surface area contributed by atoms with Crippen LogP contribution in [-0.4, -0.2) is 18.4 Å². The molecule has 0 aliphatic rings. The third-order valence-electron chi connectivity index (χ3n) is 2.24. The number of halogens is 3. The van der Waals surface area contributed by atoms with Crippen LogP contribution >= 0.6 is 0 Å². The fourth-order valence-corrected chi connectivity index (χ4v) is 1.32. The highest BCUT2D eigenvalue weighted by atomic mass is 19.3. The molecule has 0 heterocycles. The number of ketones is 1. The maximum absolute atomic E-state index is 13.6. The minimum atomic E-state index is -4.12. The van der Waals surface area contributed by atoms with Gasteiger partial charge < -0.3 is 4.74 Å². The summed E-state index contributed by atoms with van der Waals surface area (Å²) in [4.78, 5) is 22.1. The van der Waals surface area contributed by atoms with E-state index < -0.39 is 29.1 Å². The van der Waals surface area contributed by atoms with E-state index in [1.165, 1.54) is 6.92 Å². The van der Waals surface area contributed by atoms with Crippen LogP contribution in [0.25, 0.3) is 0 Å². The van der Waals surface area contributed by atoms with Crippen LogP contribution in [0.15, 0.2) is 18.2 Å². The number of carbonyl (C=O) groups excluding carboxylic acids is 2. The number of alkyl halides is 2. The molecule has 0 atom stereocenters. The van der Waals surface area contributed by atoms with Crippen LogP contribution in [0.5, 0.6) is 0 Å². The number of benzene rings is 1. The first-order valence-corrected chi connectivity index (χ1v) is 5.16. The summed E-state index contributed by atoms with van der Waals surface area (Å²) in [7, 11) is 0. The molecule has 1 aromatic carbocycles. The van der Waals surface area contributed by atoms with E-state index >= 15 is 0 Å². The lowest BCUT2D eigenvalue weighted by molar-refractivity contribution is -0.173. The van der Waals surface area contributed by atoms with Crippen LogP contribution in [0.1, 0.15) is 29.8 Å². The van der Waals surface area contributed by atoms with E-state index in [1.807, 2.05) is 0 Å². The number of esters is 1. The predicted molar refractivity (Wildman–Crippen MR) is 56.9 cm³/mol. The lowest BCUT2D eigenvalue weighted by atomic mass is 10.0. The fourth-order valence-electron chi connectivity index (χ4n) is 1.32. The summed E-state index contributed by atoms with van der Waals surface area (Å²) >= 11 is 0. The van der Waals surface area contributed by atoms with Gasteiger partial charge >= 0.3 is 11.9 Å². The van der Waals surface area contributed by atoms with Gasteiger partial charge in [-0.25, -0.2) is 9.18 Å². The monoisotopic (exact) mass is 260 g/mol. The highest BCUT2D eigenvalue weighted by molar-refractivity contribution is 5.94. The first-order valence-electron chi connectivity index (χ1n) is 5.16. The molecule has 0 saturated carbocycles. The third kappa shape index (κ3) is 2.69. The molecule has 3 nitrogen and oxygen atoms in total. The maximum atomic E-state index is 13.6. The van der Waals surface area contributed by atoms with Crippen LogP contribution in [0, 0.1) is 5.82 Å². The van der Waals surface area contributed by atoms with Gasteiger partial charge in [-0.05, 0) is 32.0 Å². The number of Topliss-reactive ketones (excluding diaryl/α,β-unsaturated/α-hetero) is 1. The van der Waals surface area contributed by atoms with Crippen molar-refractivity contribution in [1.82, 2.24) is 0 Å². The SMILES string of the molecule is CCOC(=O)C(F)(F)c1cc(C(C)=O)ccc1F. The number of hydrogen-bond acceptors (Lipinski definition) is 3. The second-order valence-corrected chi connectivity index (χ2v) is 3.55. The Kier molecular flexibility index (Phi) is 4.11. The average Bonchev–Trinajstić information content (AvgIpc) is 2.29. The summed E-state index contributed by atoms with van der Waals surface area (Å²) in [5.74, 6) is -7.73. The molecule has 1 rings (SSSR count).